The molecule has 0 saturated carbocycles. The second-order valence-electron chi connectivity index (χ2n) is 4.73. The van der Waals surface area contributed by atoms with E-state index in [1.54, 1.807) is 0 Å². The van der Waals surface area contributed by atoms with Gasteiger partial charge in [-0.2, -0.15) is 0 Å². The van der Waals surface area contributed by atoms with Crippen LogP contribution in [0.2, 0.25) is 0 Å². The summed E-state index contributed by atoms with van der Waals surface area (Å²) in [6.45, 7) is 6.30. The van der Waals surface area contributed by atoms with Gasteiger partial charge < -0.3 is 19.7 Å². The minimum absolute atomic E-state index is 0.184. The van der Waals surface area contributed by atoms with E-state index in [0.29, 0.717) is 24.5 Å². The Morgan fingerprint density at radius 2 is 2.12 bits per heavy atom. The normalized spacial score (nSPS) is 18.0. The molecular formula is C11H20N4O2. The number of anilines is 1. The third-order valence-corrected chi connectivity index (χ3v) is 2.85. The fourth-order valence-corrected chi connectivity index (χ4v) is 1.79. The van der Waals surface area contributed by atoms with Crippen LogP contribution in [0.3, 0.4) is 0 Å². The molecule has 0 spiro atoms. The van der Waals surface area contributed by atoms with E-state index < -0.39 is 0 Å². The Labute approximate surface area is 101 Å². The summed E-state index contributed by atoms with van der Waals surface area (Å²) in [7, 11) is 0. The maximum absolute atomic E-state index is 9.42. The SMILES string of the molecule is CC(C)NCc1nnc(N2CCC(O)CC2)o1. The van der Waals surface area contributed by atoms with Gasteiger partial charge in [-0.25, -0.2) is 0 Å². The van der Waals surface area contributed by atoms with E-state index in [9.17, 15) is 5.11 Å². The fraction of sp³-hybridized carbons (Fsp3) is 0.818. The molecule has 2 rings (SSSR count). The highest BCUT2D eigenvalue weighted by Gasteiger charge is 2.21. The predicted octanol–water partition coefficient (Wildman–Crippen LogP) is 0.529. The van der Waals surface area contributed by atoms with Crippen molar-refractivity contribution in [2.24, 2.45) is 0 Å². The Hall–Kier alpha value is -1.14. The van der Waals surface area contributed by atoms with Crippen LogP contribution < -0.4 is 10.2 Å². The predicted molar refractivity (Wildman–Crippen MR) is 63.7 cm³/mol. The van der Waals surface area contributed by atoms with Crippen molar-refractivity contribution in [2.75, 3.05) is 18.0 Å². The van der Waals surface area contributed by atoms with E-state index in [4.69, 9.17) is 4.42 Å². The molecule has 1 aromatic heterocycles. The van der Waals surface area contributed by atoms with Crippen LogP contribution in [0.5, 0.6) is 0 Å². The van der Waals surface area contributed by atoms with Gasteiger partial charge in [-0.1, -0.05) is 18.9 Å². The molecule has 0 aromatic carbocycles. The van der Waals surface area contributed by atoms with Gasteiger partial charge in [0.05, 0.1) is 12.6 Å². The lowest BCUT2D eigenvalue weighted by atomic mass is 10.1. The third-order valence-electron chi connectivity index (χ3n) is 2.85. The van der Waals surface area contributed by atoms with Crippen molar-refractivity contribution in [1.82, 2.24) is 15.5 Å². The Morgan fingerprint density at radius 3 is 2.76 bits per heavy atom. The Kier molecular flexibility index (Phi) is 3.96. The van der Waals surface area contributed by atoms with Crippen LogP contribution in [0, 0.1) is 0 Å². The molecule has 0 atom stereocenters. The number of nitrogens with zero attached hydrogens (tertiary/aromatic N) is 3. The fourth-order valence-electron chi connectivity index (χ4n) is 1.79. The van der Waals surface area contributed by atoms with Gasteiger partial charge in [0.15, 0.2) is 0 Å². The van der Waals surface area contributed by atoms with Gasteiger partial charge >= 0.3 is 6.01 Å². The van der Waals surface area contributed by atoms with Crippen molar-refractivity contribution in [3.8, 4) is 0 Å². The van der Waals surface area contributed by atoms with Crippen molar-refractivity contribution >= 4 is 6.01 Å². The number of aliphatic hydroxyl groups is 1. The van der Waals surface area contributed by atoms with Gasteiger partial charge in [0.1, 0.15) is 0 Å². The molecule has 0 bridgehead atoms. The average Bonchev–Trinajstić information content (AvgIpc) is 2.76. The lowest BCUT2D eigenvalue weighted by Crippen LogP contribution is -2.35. The Balaban J connectivity index is 1.89. The zero-order valence-electron chi connectivity index (χ0n) is 10.4. The number of aromatic nitrogens is 2. The van der Waals surface area contributed by atoms with E-state index in [0.717, 1.165) is 25.9 Å². The number of aliphatic hydroxyl groups excluding tert-OH is 1. The van der Waals surface area contributed by atoms with Crippen LogP contribution in [-0.2, 0) is 6.54 Å². The summed E-state index contributed by atoms with van der Waals surface area (Å²) in [5.74, 6) is 0.611. The van der Waals surface area contributed by atoms with E-state index in [2.05, 4.69) is 29.4 Å². The third kappa shape index (κ3) is 3.41. The molecule has 2 heterocycles. The molecule has 0 amide bonds. The smallest absolute Gasteiger partial charge is 0.318 e. The summed E-state index contributed by atoms with van der Waals surface area (Å²) in [5.41, 5.74) is 0. The molecule has 96 valence electrons. The molecule has 1 saturated heterocycles. The lowest BCUT2D eigenvalue weighted by Gasteiger charge is -2.27. The summed E-state index contributed by atoms with van der Waals surface area (Å²) in [5, 5.41) is 20.7. The minimum Gasteiger partial charge on any atom is -0.407 e. The quantitative estimate of drug-likeness (QED) is 0.799. The van der Waals surface area contributed by atoms with Gasteiger partial charge in [-0.15, -0.1) is 5.10 Å². The standard InChI is InChI=1S/C11H20N4O2/c1-8(2)12-7-10-13-14-11(17-10)15-5-3-9(16)4-6-15/h8-9,12,16H,3-7H2,1-2H3. The van der Waals surface area contributed by atoms with Crippen molar-refractivity contribution in [1.29, 1.82) is 0 Å². The first-order valence-electron chi connectivity index (χ1n) is 6.14. The molecule has 1 aromatic rings. The molecule has 1 aliphatic heterocycles. The molecule has 2 N–H and O–H groups in total. The average molecular weight is 240 g/mol. The van der Waals surface area contributed by atoms with Crippen LogP contribution in [0.1, 0.15) is 32.6 Å². The summed E-state index contributed by atoms with van der Waals surface area (Å²) in [4.78, 5) is 2.03. The number of hydrogen-bond donors (Lipinski definition) is 2. The highest BCUT2D eigenvalue weighted by molar-refractivity contribution is 5.24. The molecule has 6 nitrogen and oxygen atoms in total. The van der Waals surface area contributed by atoms with Crippen LogP contribution in [0.25, 0.3) is 0 Å². The molecule has 0 unspecified atom stereocenters. The van der Waals surface area contributed by atoms with Crippen molar-refractivity contribution in [3.05, 3.63) is 5.89 Å². The topological polar surface area (TPSA) is 74.4 Å². The van der Waals surface area contributed by atoms with Gasteiger partial charge in [0.25, 0.3) is 0 Å². The zero-order valence-corrected chi connectivity index (χ0v) is 10.4. The first kappa shape index (κ1) is 12.3. The van der Waals surface area contributed by atoms with E-state index in [1.165, 1.54) is 0 Å². The second-order valence-corrected chi connectivity index (χ2v) is 4.73. The van der Waals surface area contributed by atoms with Gasteiger partial charge in [-0.05, 0) is 12.8 Å². The van der Waals surface area contributed by atoms with Crippen LogP contribution >= 0.6 is 0 Å². The molecule has 17 heavy (non-hydrogen) atoms. The first-order valence-corrected chi connectivity index (χ1v) is 6.14. The number of rotatable bonds is 4. The van der Waals surface area contributed by atoms with Gasteiger partial charge in [0, 0.05) is 19.1 Å². The molecular weight excluding hydrogens is 220 g/mol. The minimum atomic E-state index is -0.184. The van der Waals surface area contributed by atoms with Crippen LogP contribution in [-0.4, -0.2) is 40.5 Å². The van der Waals surface area contributed by atoms with Gasteiger partial charge in [-0.3, -0.25) is 0 Å². The summed E-state index contributed by atoms with van der Waals surface area (Å²) in [6.07, 6.45) is 1.35. The second kappa shape index (κ2) is 5.46. The molecule has 0 aliphatic carbocycles. The molecule has 1 fully saturated rings. The lowest BCUT2D eigenvalue weighted by molar-refractivity contribution is 0.144. The van der Waals surface area contributed by atoms with E-state index in [1.807, 2.05) is 4.90 Å². The summed E-state index contributed by atoms with van der Waals surface area (Å²) < 4.78 is 5.57. The molecule has 0 radical (unpaired) electrons. The van der Waals surface area contributed by atoms with Crippen LogP contribution in [0.15, 0.2) is 4.42 Å². The van der Waals surface area contributed by atoms with Crippen molar-refractivity contribution in [2.45, 2.75) is 45.4 Å². The summed E-state index contributed by atoms with van der Waals surface area (Å²) >= 11 is 0. The van der Waals surface area contributed by atoms with E-state index in [-0.39, 0.29) is 6.10 Å². The number of nitrogens with one attached hydrogen (secondary N) is 1. The maximum atomic E-state index is 9.42. The Bertz CT molecular complexity index is 345. The largest absolute Gasteiger partial charge is 0.407 e. The highest BCUT2D eigenvalue weighted by atomic mass is 16.4. The monoisotopic (exact) mass is 240 g/mol. The van der Waals surface area contributed by atoms with Crippen molar-refractivity contribution in [3.63, 3.8) is 0 Å². The number of piperidine rings is 1. The molecule has 1 aliphatic rings. The maximum Gasteiger partial charge on any atom is 0.318 e. The first-order chi connectivity index (χ1) is 8.15. The zero-order chi connectivity index (χ0) is 12.3. The van der Waals surface area contributed by atoms with Crippen molar-refractivity contribution < 1.29 is 9.52 Å². The summed E-state index contributed by atoms with van der Waals surface area (Å²) in [6, 6.07) is 0.966. The molecule has 6 heteroatoms. The highest BCUT2D eigenvalue weighted by Crippen LogP contribution is 2.18. The van der Waals surface area contributed by atoms with Gasteiger partial charge in [0.2, 0.25) is 5.89 Å². The Morgan fingerprint density at radius 1 is 1.41 bits per heavy atom. The van der Waals surface area contributed by atoms with Crippen LogP contribution in [0.4, 0.5) is 6.01 Å². The van der Waals surface area contributed by atoms with E-state index >= 15 is 0 Å². The number of hydrogen-bond acceptors (Lipinski definition) is 6.